The number of rotatable bonds is 6. The lowest BCUT2D eigenvalue weighted by Gasteiger charge is -2.30. The standard InChI is InChI=1S/C23H26F3NO3/c1-14(2)30-21-12-16(6-9-20(21)29-3)18-11-17(22(28)27-13-18)10-15-4-7-19(8-5-15)23(24,25)26/h4-9,12,14,17-18H,10-11,13H2,1-3H3,(H,27,28)/t17-,18-/m1/s1. The molecule has 0 aliphatic carbocycles. The van der Waals surface area contributed by atoms with E-state index in [1.165, 1.54) is 12.1 Å². The first-order chi connectivity index (χ1) is 14.2. The van der Waals surface area contributed by atoms with E-state index in [-0.39, 0.29) is 23.8 Å². The molecule has 3 rings (SSSR count). The first-order valence-corrected chi connectivity index (χ1v) is 9.95. The van der Waals surface area contributed by atoms with Gasteiger partial charge >= 0.3 is 6.18 Å². The molecule has 2 atom stereocenters. The maximum atomic E-state index is 12.8. The third kappa shape index (κ3) is 5.26. The third-order valence-electron chi connectivity index (χ3n) is 5.25. The SMILES string of the molecule is COc1ccc([C@H]2CNC(=O)[C@H](Cc3ccc(C(F)(F)F)cc3)C2)cc1OC(C)C. The number of benzene rings is 2. The zero-order valence-electron chi connectivity index (χ0n) is 17.3. The lowest BCUT2D eigenvalue weighted by atomic mass is 9.82. The molecule has 1 saturated heterocycles. The molecule has 1 amide bonds. The van der Waals surface area contributed by atoms with Crippen molar-refractivity contribution >= 4 is 5.91 Å². The minimum Gasteiger partial charge on any atom is -0.493 e. The van der Waals surface area contributed by atoms with Gasteiger partial charge in [-0.3, -0.25) is 4.79 Å². The van der Waals surface area contributed by atoms with Crippen LogP contribution in [0.1, 0.15) is 42.9 Å². The monoisotopic (exact) mass is 421 g/mol. The summed E-state index contributed by atoms with van der Waals surface area (Å²) in [4.78, 5) is 12.4. The van der Waals surface area contributed by atoms with Crippen molar-refractivity contribution in [1.29, 1.82) is 0 Å². The summed E-state index contributed by atoms with van der Waals surface area (Å²) < 4.78 is 49.5. The average Bonchev–Trinajstić information content (AvgIpc) is 2.69. The summed E-state index contributed by atoms with van der Waals surface area (Å²) in [5.74, 6) is 1.01. The van der Waals surface area contributed by atoms with Gasteiger partial charge < -0.3 is 14.8 Å². The van der Waals surface area contributed by atoms with Crippen LogP contribution in [0.4, 0.5) is 13.2 Å². The first kappa shape index (κ1) is 22.0. The zero-order valence-corrected chi connectivity index (χ0v) is 17.3. The molecule has 1 aliphatic heterocycles. The number of ether oxygens (including phenoxy) is 2. The van der Waals surface area contributed by atoms with Crippen molar-refractivity contribution in [2.75, 3.05) is 13.7 Å². The molecule has 0 aromatic heterocycles. The van der Waals surface area contributed by atoms with E-state index in [2.05, 4.69) is 5.32 Å². The molecule has 0 unspecified atom stereocenters. The van der Waals surface area contributed by atoms with Gasteiger partial charge in [0.15, 0.2) is 11.5 Å². The van der Waals surface area contributed by atoms with Crippen LogP contribution in [-0.4, -0.2) is 25.7 Å². The van der Waals surface area contributed by atoms with E-state index in [4.69, 9.17) is 9.47 Å². The Kier molecular flexibility index (Phi) is 6.58. The van der Waals surface area contributed by atoms with Gasteiger partial charge in [0.25, 0.3) is 0 Å². The molecule has 1 aliphatic rings. The van der Waals surface area contributed by atoms with Crippen molar-refractivity contribution in [3.63, 3.8) is 0 Å². The molecule has 2 aromatic rings. The molecule has 1 heterocycles. The number of carbonyl (C=O) groups excluding carboxylic acids is 1. The molecule has 0 bridgehead atoms. The fraction of sp³-hybridized carbons (Fsp3) is 0.435. The number of hydrogen-bond donors (Lipinski definition) is 1. The largest absolute Gasteiger partial charge is 0.493 e. The fourth-order valence-electron chi connectivity index (χ4n) is 3.74. The number of carbonyl (C=O) groups is 1. The molecule has 0 radical (unpaired) electrons. The van der Waals surface area contributed by atoms with E-state index in [0.717, 1.165) is 17.7 Å². The summed E-state index contributed by atoms with van der Waals surface area (Å²) in [5.41, 5.74) is 1.05. The number of methoxy groups -OCH3 is 1. The maximum absolute atomic E-state index is 12.8. The Morgan fingerprint density at radius 1 is 1.10 bits per heavy atom. The van der Waals surface area contributed by atoms with Crippen LogP contribution in [0.15, 0.2) is 42.5 Å². The second-order valence-corrected chi connectivity index (χ2v) is 7.85. The average molecular weight is 421 g/mol. The Bertz CT molecular complexity index is 878. The van der Waals surface area contributed by atoms with Crippen LogP contribution < -0.4 is 14.8 Å². The number of amides is 1. The molecule has 0 spiro atoms. The second-order valence-electron chi connectivity index (χ2n) is 7.85. The van der Waals surface area contributed by atoms with Gasteiger partial charge in [-0.25, -0.2) is 0 Å². The molecule has 0 saturated carbocycles. The Morgan fingerprint density at radius 3 is 2.40 bits per heavy atom. The van der Waals surface area contributed by atoms with Gasteiger partial charge in [-0.15, -0.1) is 0 Å². The quantitative estimate of drug-likeness (QED) is 0.717. The van der Waals surface area contributed by atoms with Gasteiger partial charge in [0, 0.05) is 18.4 Å². The highest BCUT2D eigenvalue weighted by Crippen LogP contribution is 2.36. The number of hydrogen-bond acceptors (Lipinski definition) is 3. The van der Waals surface area contributed by atoms with Gasteiger partial charge in [-0.2, -0.15) is 13.2 Å². The molecular formula is C23H26F3NO3. The van der Waals surface area contributed by atoms with Crippen LogP contribution in [0.2, 0.25) is 0 Å². The van der Waals surface area contributed by atoms with Crippen molar-refractivity contribution in [2.45, 2.75) is 44.9 Å². The van der Waals surface area contributed by atoms with Crippen molar-refractivity contribution in [2.24, 2.45) is 5.92 Å². The van der Waals surface area contributed by atoms with E-state index in [1.807, 2.05) is 32.0 Å². The molecular weight excluding hydrogens is 395 g/mol. The smallest absolute Gasteiger partial charge is 0.416 e. The molecule has 4 nitrogen and oxygen atoms in total. The van der Waals surface area contributed by atoms with Crippen LogP contribution >= 0.6 is 0 Å². The molecule has 1 N–H and O–H groups in total. The van der Waals surface area contributed by atoms with Gasteiger partial charge in [0.05, 0.1) is 18.8 Å². The van der Waals surface area contributed by atoms with Crippen LogP contribution in [0.25, 0.3) is 0 Å². The van der Waals surface area contributed by atoms with Gasteiger partial charge in [0.2, 0.25) is 5.91 Å². The summed E-state index contributed by atoms with van der Waals surface area (Å²) in [6, 6.07) is 10.8. The van der Waals surface area contributed by atoms with Crippen LogP contribution in [0.5, 0.6) is 11.5 Å². The summed E-state index contributed by atoms with van der Waals surface area (Å²) >= 11 is 0. The summed E-state index contributed by atoms with van der Waals surface area (Å²) in [7, 11) is 1.59. The van der Waals surface area contributed by atoms with Gasteiger partial charge in [-0.05, 0) is 62.1 Å². The molecule has 7 heteroatoms. The van der Waals surface area contributed by atoms with E-state index < -0.39 is 11.7 Å². The minimum absolute atomic E-state index is 0.00683. The van der Waals surface area contributed by atoms with E-state index in [1.54, 1.807) is 7.11 Å². The highest BCUT2D eigenvalue weighted by molar-refractivity contribution is 5.80. The van der Waals surface area contributed by atoms with Crippen molar-refractivity contribution in [3.8, 4) is 11.5 Å². The maximum Gasteiger partial charge on any atom is 0.416 e. The van der Waals surface area contributed by atoms with Crippen molar-refractivity contribution < 1.29 is 27.4 Å². The Balaban J connectivity index is 1.74. The van der Waals surface area contributed by atoms with Crippen LogP contribution in [-0.2, 0) is 17.4 Å². The van der Waals surface area contributed by atoms with Crippen molar-refractivity contribution in [3.05, 3.63) is 59.2 Å². The number of halogens is 3. The lowest BCUT2D eigenvalue weighted by Crippen LogP contribution is -2.41. The first-order valence-electron chi connectivity index (χ1n) is 9.95. The highest BCUT2D eigenvalue weighted by atomic mass is 19.4. The highest BCUT2D eigenvalue weighted by Gasteiger charge is 2.32. The van der Waals surface area contributed by atoms with E-state index >= 15 is 0 Å². The molecule has 30 heavy (non-hydrogen) atoms. The number of nitrogens with one attached hydrogen (secondary N) is 1. The van der Waals surface area contributed by atoms with E-state index in [9.17, 15) is 18.0 Å². The predicted molar refractivity (Wildman–Crippen MR) is 108 cm³/mol. The van der Waals surface area contributed by atoms with Crippen molar-refractivity contribution in [1.82, 2.24) is 5.32 Å². The predicted octanol–water partition coefficient (Wildman–Crippen LogP) is 4.96. The van der Waals surface area contributed by atoms with Gasteiger partial charge in [-0.1, -0.05) is 18.2 Å². The normalized spacial score (nSPS) is 19.5. The number of piperidine rings is 1. The van der Waals surface area contributed by atoms with Gasteiger partial charge in [0.1, 0.15) is 0 Å². The van der Waals surface area contributed by atoms with Crippen LogP contribution in [0, 0.1) is 5.92 Å². The minimum atomic E-state index is -4.37. The molecule has 162 valence electrons. The summed E-state index contributed by atoms with van der Waals surface area (Å²) in [6.07, 6.45) is -3.37. The topological polar surface area (TPSA) is 47.6 Å². The molecule has 2 aromatic carbocycles. The lowest BCUT2D eigenvalue weighted by molar-refractivity contribution is -0.137. The van der Waals surface area contributed by atoms with E-state index in [0.29, 0.717) is 36.4 Å². The van der Waals surface area contributed by atoms with Crippen LogP contribution in [0.3, 0.4) is 0 Å². The second kappa shape index (κ2) is 8.98. The summed E-state index contributed by atoms with van der Waals surface area (Å²) in [6.45, 7) is 4.38. The Hall–Kier alpha value is -2.70. The zero-order chi connectivity index (χ0) is 21.9. The third-order valence-corrected chi connectivity index (χ3v) is 5.25. The Labute approximate surface area is 174 Å². The molecule has 1 fully saturated rings. The Morgan fingerprint density at radius 2 is 1.80 bits per heavy atom. The summed E-state index contributed by atoms with van der Waals surface area (Å²) in [5, 5.41) is 2.93. The number of alkyl halides is 3. The fourth-order valence-corrected chi connectivity index (χ4v) is 3.74.